The molecule has 0 bridgehead atoms. The highest BCUT2D eigenvalue weighted by atomic mass is 16.2. The SMILES string of the molecule is [CH]=C=CCN1CCN(C2=CN(C(=O)/C=C(\C)c3cc(CC)c4nc(C)cn4c3)C(C)C=C2)CC1. The zero-order valence-electron chi connectivity index (χ0n) is 20.7. The van der Waals surface area contributed by atoms with E-state index in [1.54, 1.807) is 6.08 Å². The third kappa shape index (κ3) is 5.09. The van der Waals surface area contributed by atoms with Crippen molar-refractivity contribution in [3.63, 3.8) is 0 Å². The van der Waals surface area contributed by atoms with E-state index in [4.69, 9.17) is 6.58 Å². The fourth-order valence-electron chi connectivity index (χ4n) is 4.57. The molecule has 4 rings (SSSR count). The van der Waals surface area contributed by atoms with Crippen molar-refractivity contribution in [3.8, 4) is 0 Å². The molecule has 1 atom stereocenters. The molecule has 1 radical (unpaired) electrons. The second-order valence-corrected chi connectivity index (χ2v) is 9.11. The van der Waals surface area contributed by atoms with Crippen molar-refractivity contribution in [2.45, 2.75) is 40.2 Å². The molecule has 1 fully saturated rings. The summed E-state index contributed by atoms with van der Waals surface area (Å²) >= 11 is 0. The Morgan fingerprint density at radius 1 is 1.26 bits per heavy atom. The van der Waals surface area contributed by atoms with Crippen LogP contribution in [0.5, 0.6) is 0 Å². The summed E-state index contributed by atoms with van der Waals surface area (Å²) in [6, 6.07) is 2.16. The highest BCUT2D eigenvalue weighted by Gasteiger charge is 2.23. The van der Waals surface area contributed by atoms with Crippen LogP contribution < -0.4 is 0 Å². The minimum absolute atomic E-state index is 0.00550. The molecule has 6 nitrogen and oxygen atoms in total. The Morgan fingerprint density at radius 2 is 2.03 bits per heavy atom. The summed E-state index contributed by atoms with van der Waals surface area (Å²) in [6.07, 6.45) is 14.8. The maximum atomic E-state index is 13.3. The zero-order valence-corrected chi connectivity index (χ0v) is 20.7. The van der Waals surface area contributed by atoms with Crippen LogP contribution in [-0.4, -0.2) is 68.8 Å². The fourth-order valence-corrected chi connectivity index (χ4v) is 4.57. The van der Waals surface area contributed by atoms with Gasteiger partial charge in [-0.25, -0.2) is 4.98 Å². The molecule has 2 aromatic rings. The molecule has 177 valence electrons. The van der Waals surface area contributed by atoms with Crippen molar-refractivity contribution in [1.82, 2.24) is 24.1 Å². The standard InChI is InChI=1S/C28H34N5O/c1-6-8-11-30-12-14-31(15-13-30)26-10-9-23(5)33(20-26)27(34)16-21(3)25-17-24(7-2)28-29-22(4)18-32(28)19-25/h1,8-10,16-20,23H,7,11-15H2,2-5H3/b21-16+. The van der Waals surface area contributed by atoms with E-state index in [9.17, 15) is 4.79 Å². The van der Waals surface area contributed by atoms with Gasteiger partial charge in [0.05, 0.1) is 17.4 Å². The molecule has 0 spiro atoms. The lowest BCUT2D eigenvalue weighted by Gasteiger charge is -2.38. The Kier molecular flexibility index (Phi) is 7.20. The van der Waals surface area contributed by atoms with E-state index in [-0.39, 0.29) is 11.9 Å². The quantitative estimate of drug-likeness (QED) is 0.487. The van der Waals surface area contributed by atoms with Gasteiger partial charge < -0.3 is 14.2 Å². The van der Waals surface area contributed by atoms with Crippen molar-refractivity contribution in [1.29, 1.82) is 0 Å². The number of amides is 1. The van der Waals surface area contributed by atoms with E-state index in [1.165, 1.54) is 5.56 Å². The Balaban J connectivity index is 1.51. The third-order valence-corrected chi connectivity index (χ3v) is 6.64. The molecule has 1 amide bonds. The molecule has 2 aromatic heterocycles. The molecular weight excluding hydrogens is 422 g/mol. The Bertz CT molecular complexity index is 1200. The first-order valence-electron chi connectivity index (χ1n) is 12.0. The average molecular weight is 457 g/mol. The van der Waals surface area contributed by atoms with Crippen molar-refractivity contribution >= 4 is 17.1 Å². The monoisotopic (exact) mass is 456 g/mol. The van der Waals surface area contributed by atoms with Crippen LogP contribution in [0.25, 0.3) is 11.2 Å². The summed E-state index contributed by atoms with van der Waals surface area (Å²) in [5.74, 6) is -0.00550. The van der Waals surface area contributed by atoms with E-state index >= 15 is 0 Å². The van der Waals surface area contributed by atoms with Gasteiger partial charge in [0.2, 0.25) is 0 Å². The van der Waals surface area contributed by atoms with Gasteiger partial charge in [-0.2, -0.15) is 0 Å². The number of nitrogens with zero attached hydrogens (tertiary/aromatic N) is 5. The normalized spacial score (nSPS) is 19.4. The van der Waals surface area contributed by atoms with Crippen LogP contribution in [0, 0.1) is 13.5 Å². The van der Waals surface area contributed by atoms with E-state index < -0.39 is 0 Å². The molecule has 1 saturated heterocycles. The highest BCUT2D eigenvalue weighted by Crippen LogP contribution is 2.23. The first-order valence-corrected chi connectivity index (χ1v) is 12.0. The predicted octanol–water partition coefficient (Wildman–Crippen LogP) is 4.00. The number of piperazine rings is 1. The van der Waals surface area contributed by atoms with Gasteiger partial charge in [0.15, 0.2) is 0 Å². The Hall–Kier alpha value is -3.34. The molecule has 2 aliphatic rings. The van der Waals surface area contributed by atoms with Crippen LogP contribution in [0.3, 0.4) is 0 Å². The van der Waals surface area contributed by atoms with Gasteiger partial charge in [-0.15, -0.1) is 5.73 Å². The lowest BCUT2D eigenvalue weighted by molar-refractivity contribution is -0.124. The molecule has 0 aromatic carbocycles. The van der Waals surface area contributed by atoms with E-state index in [0.717, 1.165) is 67.3 Å². The first-order chi connectivity index (χ1) is 16.4. The predicted molar refractivity (Wildman–Crippen MR) is 137 cm³/mol. The summed E-state index contributed by atoms with van der Waals surface area (Å²) in [6.45, 7) is 18.1. The number of carbonyl (C=O) groups excluding carboxylic acids is 1. The van der Waals surface area contributed by atoms with Crippen LogP contribution in [0.4, 0.5) is 0 Å². The number of fused-ring (bicyclic) bond motifs is 1. The van der Waals surface area contributed by atoms with Crippen molar-refractivity contribution in [3.05, 3.63) is 83.8 Å². The van der Waals surface area contributed by atoms with Crippen LogP contribution in [0.2, 0.25) is 0 Å². The minimum Gasteiger partial charge on any atom is -0.368 e. The Labute approximate surface area is 202 Å². The molecule has 0 aliphatic carbocycles. The van der Waals surface area contributed by atoms with E-state index in [0.29, 0.717) is 0 Å². The number of rotatable bonds is 6. The number of aromatic nitrogens is 2. The topological polar surface area (TPSA) is 44.1 Å². The number of carbonyl (C=O) groups is 1. The van der Waals surface area contributed by atoms with Crippen molar-refractivity contribution in [2.75, 3.05) is 32.7 Å². The molecule has 0 N–H and O–H groups in total. The molecule has 4 heterocycles. The fraction of sp³-hybridized carbons (Fsp3) is 0.393. The van der Waals surface area contributed by atoms with Gasteiger partial charge in [0, 0.05) is 57.4 Å². The van der Waals surface area contributed by atoms with Gasteiger partial charge in [0.25, 0.3) is 5.91 Å². The van der Waals surface area contributed by atoms with E-state index in [2.05, 4.69) is 56.3 Å². The number of allylic oxidation sites excluding steroid dienone is 2. The molecule has 34 heavy (non-hydrogen) atoms. The summed E-state index contributed by atoms with van der Waals surface area (Å²) in [5.41, 5.74) is 8.83. The molecular formula is C28H34N5O. The smallest absolute Gasteiger partial charge is 0.251 e. The van der Waals surface area contributed by atoms with Gasteiger partial charge in [-0.1, -0.05) is 13.0 Å². The first kappa shape index (κ1) is 23.8. The zero-order chi connectivity index (χ0) is 24.2. The largest absolute Gasteiger partial charge is 0.368 e. The maximum Gasteiger partial charge on any atom is 0.251 e. The number of hydrogen-bond donors (Lipinski definition) is 0. The summed E-state index contributed by atoms with van der Waals surface area (Å²) in [4.78, 5) is 24.5. The number of hydrogen-bond acceptors (Lipinski definition) is 4. The second-order valence-electron chi connectivity index (χ2n) is 9.11. The lowest BCUT2D eigenvalue weighted by Crippen LogP contribution is -2.46. The molecule has 6 heteroatoms. The molecule has 2 aliphatic heterocycles. The molecule has 1 unspecified atom stereocenters. The van der Waals surface area contributed by atoms with Gasteiger partial charge in [-0.3, -0.25) is 9.69 Å². The average Bonchev–Trinajstić information content (AvgIpc) is 3.22. The van der Waals surface area contributed by atoms with Gasteiger partial charge in [-0.05, 0) is 68.7 Å². The van der Waals surface area contributed by atoms with Crippen LogP contribution in [0.15, 0.2) is 60.4 Å². The summed E-state index contributed by atoms with van der Waals surface area (Å²) in [5, 5.41) is 0. The van der Waals surface area contributed by atoms with Gasteiger partial charge in [0.1, 0.15) is 5.65 Å². The van der Waals surface area contributed by atoms with E-state index in [1.807, 2.05) is 44.1 Å². The van der Waals surface area contributed by atoms with Crippen molar-refractivity contribution in [2.24, 2.45) is 0 Å². The summed E-state index contributed by atoms with van der Waals surface area (Å²) in [7, 11) is 0. The summed E-state index contributed by atoms with van der Waals surface area (Å²) < 4.78 is 2.07. The van der Waals surface area contributed by atoms with Crippen LogP contribution in [0.1, 0.15) is 37.6 Å². The second kappa shape index (κ2) is 10.3. The number of aryl methyl sites for hydroxylation is 2. The van der Waals surface area contributed by atoms with Gasteiger partial charge >= 0.3 is 0 Å². The molecule has 0 saturated carbocycles. The maximum absolute atomic E-state index is 13.3. The minimum atomic E-state index is -0.00550. The highest BCUT2D eigenvalue weighted by molar-refractivity contribution is 5.96. The van der Waals surface area contributed by atoms with Crippen LogP contribution >= 0.6 is 0 Å². The third-order valence-electron chi connectivity index (χ3n) is 6.64. The Morgan fingerprint density at radius 3 is 2.74 bits per heavy atom. The number of imidazole rings is 1. The van der Waals surface area contributed by atoms with Crippen LogP contribution in [-0.2, 0) is 11.2 Å². The lowest BCUT2D eigenvalue weighted by atomic mass is 10.0. The number of pyridine rings is 1. The van der Waals surface area contributed by atoms with Crippen molar-refractivity contribution < 1.29 is 4.79 Å².